The molecule has 0 saturated carbocycles. The predicted octanol–water partition coefficient (Wildman–Crippen LogP) is 0.481. The van der Waals surface area contributed by atoms with Gasteiger partial charge >= 0.3 is 0 Å². The van der Waals surface area contributed by atoms with Gasteiger partial charge in [-0.2, -0.15) is 0 Å². The molecule has 0 unspecified atom stereocenters. The molecule has 1 saturated heterocycles. The zero-order chi connectivity index (χ0) is 14.5. The van der Waals surface area contributed by atoms with Crippen LogP contribution in [-0.4, -0.2) is 66.5 Å². The number of nitrogens with one attached hydrogen (secondary N) is 1. The zero-order valence-electron chi connectivity index (χ0n) is 12.1. The molecule has 1 amide bonds. The molecule has 3 N–H and O–H groups in total. The fourth-order valence-electron chi connectivity index (χ4n) is 2.32. The minimum Gasteiger partial charge on any atom is -0.375 e. The van der Waals surface area contributed by atoms with Crippen LogP contribution in [0.25, 0.3) is 0 Å². The number of carbonyl (C=O) groups excluding carboxylic acids is 1. The molecule has 6 nitrogen and oxygen atoms in total. The largest absolute Gasteiger partial charge is 0.375 e. The van der Waals surface area contributed by atoms with E-state index >= 15 is 0 Å². The van der Waals surface area contributed by atoms with Gasteiger partial charge in [-0.15, -0.1) is 11.3 Å². The Labute approximate surface area is 124 Å². The van der Waals surface area contributed by atoms with Gasteiger partial charge in [0.25, 0.3) is 5.91 Å². The summed E-state index contributed by atoms with van der Waals surface area (Å²) in [6.07, 6.45) is 0.953. The van der Waals surface area contributed by atoms with Crippen LogP contribution in [0.15, 0.2) is 5.38 Å². The van der Waals surface area contributed by atoms with Crippen LogP contribution < -0.4 is 11.1 Å². The number of rotatable bonds is 5. The third kappa shape index (κ3) is 4.16. The molecule has 0 bridgehead atoms. The first kappa shape index (κ1) is 15.2. The maximum absolute atomic E-state index is 11.8. The SMILES string of the molecule is C[C@@H](CCNC(=O)c1csc(N)n1)N1CCN(C)CC1. The number of carbonyl (C=O) groups is 1. The number of likely N-dealkylation sites (N-methyl/N-ethyl adjacent to an activating group) is 1. The first-order chi connectivity index (χ1) is 9.56. The van der Waals surface area contributed by atoms with Gasteiger partial charge in [0, 0.05) is 44.1 Å². The number of anilines is 1. The van der Waals surface area contributed by atoms with Crippen molar-refractivity contribution < 1.29 is 4.79 Å². The number of nitrogens with zero attached hydrogens (tertiary/aromatic N) is 3. The van der Waals surface area contributed by atoms with Crippen LogP contribution in [0, 0.1) is 0 Å². The highest BCUT2D eigenvalue weighted by molar-refractivity contribution is 7.13. The molecular formula is C13H23N5OS. The van der Waals surface area contributed by atoms with E-state index in [4.69, 9.17) is 5.73 Å². The Balaban J connectivity index is 1.69. The van der Waals surface area contributed by atoms with Crippen LogP contribution in [-0.2, 0) is 0 Å². The average Bonchev–Trinajstić information content (AvgIpc) is 2.86. The second-order valence-electron chi connectivity index (χ2n) is 5.30. The number of thiazole rings is 1. The third-order valence-corrected chi connectivity index (χ3v) is 4.44. The minimum absolute atomic E-state index is 0.136. The molecule has 0 aromatic carbocycles. The summed E-state index contributed by atoms with van der Waals surface area (Å²) in [5, 5.41) is 5.02. The molecule has 2 heterocycles. The van der Waals surface area contributed by atoms with E-state index in [1.165, 1.54) is 11.3 Å². The Bertz CT molecular complexity index is 442. The highest BCUT2D eigenvalue weighted by atomic mass is 32.1. The molecule has 1 aromatic rings. The van der Waals surface area contributed by atoms with Gasteiger partial charge < -0.3 is 16.0 Å². The summed E-state index contributed by atoms with van der Waals surface area (Å²) in [5.41, 5.74) is 5.94. The van der Waals surface area contributed by atoms with Gasteiger partial charge in [0.2, 0.25) is 0 Å². The fraction of sp³-hybridized carbons (Fsp3) is 0.692. The molecule has 1 aliphatic rings. The Morgan fingerprint density at radius 1 is 1.50 bits per heavy atom. The van der Waals surface area contributed by atoms with Crippen molar-refractivity contribution in [2.24, 2.45) is 0 Å². The zero-order valence-corrected chi connectivity index (χ0v) is 12.9. The van der Waals surface area contributed by atoms with Gasteiger partial charge in [-0.1, -0.05) is 0 Å². The molecular weight excluding hydrogens is 274 g/mol. The third-order valence-electron chi connectivity index (χ3n) is 3.76. The predicted molar refractivity (Wildman–Crippen MR) is 82.0 cm³/mol. The molecule has 0 spiro atoms. The quantitative estimate of drug-likeness (QED) is 0.827. The number of nitrogens with two attached hydrogens (primary N) is 1. The van der Waals surface area contributed by atoms with Crippen molar-refractivity contribution >= 4 is 22.4 Å². The molecule has 7 heteroatoms. The molecule has 1 atom stereocenters. The Morgan fingerprint density at radius 2 is 2.20 bits per heavy atom. The summed E-state index contributed by atoms with van der Waals surface area (Å²) in [4.78, 5) is 20.6. The summed E-state index contributed by atoms with van der Waals surface area (Å²) in [6.45, 7) is 7.34. The maximum atomic E-state index is 11.8. The lowest BCUT2D eigenvalue weighted by molar-refractivity contribution is 0.0931. The highest BCUT2D eigenvalue weighted by Gasteiger charge is 2.19. The maximum Gasteiger partial charge on any atom is 0.270 e. The number of hydrogen-bond acceptors (Lipinski definition) is 6. The Kier molecular flexibility index (Phi) is 5.33. The molecule has 0 radical (unpaired) electrons. The Hall–Kier alpha value is -1.18. The average molecular weight is 297 g/mol. The van der Waals surface area contributed by atoms with E-state index in [9.17, 15) is 4.79 Å². The summed E-state index contributed by atoms with van der Waals surface area (Å²) in [6, 6.07) is 0.490. The van der Waals surface area contributed by atoms with E-state index in [-0.39, 0.29) is 5.91 Å². The summed E-state index contributed by atoms with van der Waals surface area (Å²) in [5.74, 6) is -0.136. The van der Waals surface area contributed by atoms with Crippen molar-refractivity contribution in [3.05, 3.63) is 11.1 Å². The fourth-order valence-corrected chi connectivity index (χ4v) is 2.87. The lowest BCUT2D eigenvalue weighted by Gasteiger charge is -2.36. The molecule has 1 aromatic heterocycles. The highest BCUT2D eigenvalue weighted by Crippen LogP contribution is 2.11. The van der Waals surface area contributed by atoms with Gasteiger partial charge in [-0.3, -0.25) is 9.69 Å². The molecule has 0 aliphatic carbocycles. The molecule has 1 fully saturated rings. The second-order valence-corrected chi connectivity index (χ2v) is 6.19. The van der Waals surface area contributed by atoms with E-state index in [0.717, 1.165) is 32.6 Å². The first-order valence-corrected chi connectivity index (χ1v) is 7.86. The van der Waals surface area contributed by atoms with E-state index in [2.05, 4.69) is 34.1 Å². The molecule has 112 valence electrons. The van der Waals surface area contributed by atoms with Crippen molar-refractivity contribution in [3.63, 3.8) is 0 Å². The number of aromatic nitrogens is 1. The molecule has 1 aliphatic heterocycles. The van der Waals surface area contributed by atoms with Crippen LogP contribution in [0.1, 0.15) is 23.8 Å². The topological polar surface area (TPSA) is 74.5 Å². The van der Waals surface area contributed by atoms with Crippen LogP contribution in [0.2, 0.25) is 0 Å². The summed E-state index contributed by atoms with van der Waals surface area (Å²) in [7, 11) is 2.15. The van der Waals surface area contributed by atoms with Crippen LogP contribution >= 0.6 is 11.3 Å². The summed E-state index contributed by atoms with van der Waals surface area (Å²) < 4.78 is 0. The minimum atomic E-state index is -0.136. The van der Waals surface area contributed by atoms with Crippen LogP contribution in [0.3, 0.4) is 0 Å². The monoisotopic (exact) mass is 297 g/mol. The van der Waals surface area contributed by atoms with Gasteiger partial charge in [0.15, 0.2) is 5.13 Å². The van der Waals surface area contributed by atoms with Crippen molar-refractivity contribution in [1.82, 2.24) is 20.1 Å². The van der Waals surface area contributed by atoms with E-state index in [1.807, 2.05) is 0 Å². The molecule has 20 heavy (non-hydrogen) atoms. The van der Waals surface area contributed by atoms with Gasteiger partial charge in [-0.05, 0) is 20.4 Å². The van der Waals surface area contributed by atoms with E-state index in [1.54, 1.807) is 5.38 Å². The van der Waals surface area contributed by atoms with Crippen LogP contribution in [0.4, 0.5) is 5.13 Å². The Morgan fingerprint density at radius 3 is 2.80 bits per heavy atom. The van der Waals surface area contributed by atoms with Crippen molar-refractivity contribution in [3.8, 4) is 0 Å². The lowest BCUT2D eigenvalue weighted by atomic mass is 10.1. The number of piperazine rings is 1. The normalized spacial score (nSPS) is 18.9. The number of nitrogen functional groups attached to an aromatic ring is 1. The van der Waals surface area contributed by atoms with Crippen molar-refractivity contribution in [1.29, 1.82) is 0 Å². The van der Waals surface area contributed by atoms with Crippen molar-refractivity contribution in [2.45, 2.75) is 19.4 Å². The first-order valence-electron chi connectivity index (χ1n) is 6.98. The second kappa shape index (κ2) is 7.01. The van der Waals surface area contributed by atoms with Gasteiger partial charge in [0.05, 0.1) is 0 Å². The molecule has 2 rings (SSSR count). The van der Waals surface area contributed by atoms with Crippen molar-refractivity contribution in [2.75, 3.05) is 45.5 Å². The van der Waals surface area contributed by atoms with Gasteiger partial charge in [-0.25, -0.2) is 4.98 Å². The van der Waals surface area contributed by atoms with E-state index in [0.29, 0.717) is 23.4 Å². The van der Waals surface area contributed by atoms with Crippen LogP contribution in [0.5, 0.6) is 0 Å². The number of amides is 1. The smallest absolute Gasteiger partial charge is 0.270 e. The number of hydrogen-bond donors (Lipinski definition) is 2. The lowest BCUT2D eigenvalue weighted by Crippen LogP contribution is -2.48. The standard InChI is InChI=1S/C13H23N5OS/c1-10(18-7-5-17(2)6-8-18)3-4-15-12(19)11-9-20-13(14)16-11/h9-10H,3-8H2,1-2H3,(H2,14,16)(H,15,19)/t10-/m0/s1. The summed E-state index contributed by atoms with van der Waals surface area (Å²) >= 11 is 1.29. The van der Waals surface area contributed by atoms with Gasteiger partial charge in [0.1, 0.15) is 5.69 Å². The van der Waals surface area contributed by atoms with E-state index < -0.39 is 0 Å².